The molecule has 0 amide bonds. The van der Waals surface area contributed by atoms with Gasteiger partial charge in [-0.3, -0.25) is 10.2 Å². The summed E-state index contributed by atoms with van der Waals surface area (Å²) in [6.45, 7) is 0. The molecule has 0 aliphatic heterocycles. The fraction of sp³-hybridized carbons (Fsp3) is 0. The molecule has 5 rings (SSSR count). The lowest BCUT2D eigenvalue weighted by Gasteiger charge is -1.99. The number of aromatic nitrogens is 1. The van der Waals surface area contributed by atoms with E-state index in [9.17, 15) is 4.79 Å². The monoisotopic (exact) mass is 329 g/mol. The fourth-order valence-electron chi connectivity index (χ4n) is 3.11. The van der Waals surface area contributed by atoms with E-state index in [2.05, 4.69) is 15.5 Å². The minimum absolute atomic E-state index is 0.0459. The Morgan fingerprint density at radius 1 is 0.917 bits per heavy atom. The molecule has 1 N–H and O–H groups in total. The van der Waals surface area contributed by atoms with E-state index in [1.807, 2.05) is 60.7 Å². The Morgan fingerprint density at radius 2 is 1.71 bits per heavy atom. The van der Waals surface area contributed by atoms with Crippen LogP contribution in [0.4, 0.5) is 5.13 Å². The minimum Gasteiger partial charge on any atom is -0.287 e. The third kappa shape index (κ3) is 1.88. The van der Waals surface area contributed by atoms with Gasteiger partial charge in [0.25, 0.3) is 0 Å². The van der Waals surface area contributed by atoms with Gasteiger partial charge in [0.1, 0.15) is 5.71 Å². The zero-order valence-corrected chi connectivity index (χ0v) is 13.3. The number of hydrogen-bond donors (Lipinski definition) is 1. The van der Waals surface area contributed by atoms with E-state index < -0.39 is 0 Å². The van der Waals surface area contributed by atoms with Crippen molar-refractivity contribution in [3.8, 4) is 0 Å². The van der Waals surface area contributed by atoms with Crippen LogP contribution in [0.5, 0.6) is 0 Å². The molecular formula is C19H11N3OS. The van der Waals surface area contributed by atoms with Crippen molar-refractivity contribution in [2.75, 3.05) is 5.43 Å². The van der Waals surface area contributed by atoms with Crippen LogP contribution in [-0.4, -0.2) is 16.5 Å². The lowest BCUT2D eigenvalue weighted by Crippen LogP contribution is -2.11. The van der Waals surface area contributed by atoms with Crippen molar-refractivity contribution in [1.29, 1.82) is 0 Å². The van der Waals surface area contributed by atoms with Crippen LogP contribution in [0.1, 0.15) is 15.9 Å². The maximum atomic E-state index is 12.7. The van der Waals surface area contributed by atoms with Crippen LogP contribution in [0.15, 0.2) is 65.8 Å². The Kier molecular flexibility index (Phi) is 2.78. The van der Waals surface area contributed by atoms with Crippen LogP contribution in [0, 0.1) is 0 Å². The molecule has 0 unspecified atom stereocenters. The number of benzene rings is 3. The maximum Gasteiger partial charge on any atom is 0.214 e. The van der Waals surface area contributed by atoms with E-state index in [0.29, 0.717) is 16.4 Å². The van der Waals surface area contributed by atoms with E-state index in [4.69, 9.17) is 0 Å². The third-order valence-electron chi connectivity index (χ3n) is 4.18. The summed E-state index contributed by atoms with van der Waals surface area (Å²) in [6, 6.07) is 19.6. The molecule has 1 aromatic heterocycles. The fourth-order valence-corrected chi connectivity index (χ4v) is 3.92. The summed E-state index contributed by atoms with van der Waals surface area (Å²) in [7, 11) is 0. The summed E-state index contributed by atoms with van der Waals surface area (Å²) in [4.78, 5) is 17.2. The van der Waals surface area contributed by atoms with Crippen LogP contribution in [-0.2, 0) is 0 Å². The van der Waals surface area contributed by atoms with E-state index in [-0.39, 0.29) is 5.78 Å². The minimum atomic E-state index is -0.0459. The zero-order valence-electron chi connectivity index (χ0n) is 12.5. The Hall–Kier alpha value is -3.05. The summed E-state index contributed by atoms with van der Waals surface area (Å²) < 4.78 is 1.09. The van der Waals surface area contributed by atoms with Gasteiger partial charge in [-0.2, -0.15) is 5.10 Å². The highest BCUT2D eigenvalue weighted by molar-refractivity contribution is 7.22. The normalized spacial score (nSPS) is 14.8. The number of nitrogens with zero attached hydrogens (tertiary/aromatic N) is 2. The van der Waals surface area contributed by atoms with Crippen molar-refractivity contribution in [3.05, 3.63) is 71.8 Å². The second kappa shape index (κ2) is 4.97. The summed E-state index contributed by atoms with van der Waals surface area (Å²) in [5.74, 6) is -0.0459. The second-order valence-electron chi connectivity index (χ2n) is 5.60. The van der Waals surface area contributed by atoms with Gasteiger partial charge in [-0.25, -0.2) is 4.98 Å². The molecule has 114 valence electrons. The van der Waals surface area contributed by atoms with Gasteiger partial charge < -0.3 is 0 Å². The molecule has 24 heavy (non-hydrogen) atoms. The van der Waals surface area contributed by atoms with Gasteiger partial charge in [0.05, 0.1) is 10.2 Å². The number of thiazole rings is 1. The highest BCUT2D eigenvalue weighted by Gasteiger charge is 2.28. The standard InChI is InChI=1S/C19H11N3OS/c23-18-13-8-4-6-11-5-3-7-12(16(11)13)17(18)21-22-19-20-14-9-1-2-10-15(14)24-19/h1-10H,(H,20,22). The number of carbonyl (C=O) groups excluding carboxylic acids is 1. The maximum absolute atomic E-state index is 12.7. The first-order valence-electron chi connectivity index (χ1n) is 7.57. The SMILES string of the molecule is O=C1C(=NNc2nc3ccccc3s2)c2cccc3cccc1c23. The number of Topliss-reactive ketones (excluding diaryl/α,β-unsaturated/α-hetero) is 1. The average molecular weight is 329 g/mol. The molecule has 0 radical (unpaired) electrons. The summed E-state index contributed by atoms with van der Waals surface area (Å²) in [5.41, 5.74) is 5.92. The summed E-state index contributed by atoms with van der Waals surface area (Å²) in [5, 5.41) is 7.09. The molecule has 4 nitrogen and oxygen atoms in total. The predicted molar refractivity (Wildman–Crippen MR) is 98.1 cm³/mol. The Morgan fingerprint density at radius 3 is 2.54 bits per heavy atom. The highest BCUT2D eigenvalue weighted by atomic mass is 32.1. The lowest BCUT2D eigenvalue weighted by atomic mass is 10.1. The predicted octanol–water partition coefficient (Wildman–Crippen LogP) is 4.46. The average Bonchev–Trinajstić information content (AvgIpc) is 3.15. The summed E-state index contributed by atoms with van der Waals surface area (Å²) >= 11 is 1.52. The molecule has 0 spiro atoms. The largest absolute Gasteiger partial charge is 0.287 e. The van der Waals surface area contributed by atoms with Gasteiger partial charge in [0, 0.05) is 16.5 Å². The number of fused-ring (bicyclic) bond motifs is 1. The van der Waals surface area contributed by atoms with Crippen molar-refractivity contribution in [1.82, 2.24) is 4.98 Å². The Bertz CT molecular complexity index is 1120. The highest BCUT2D eigenvalue weighted by Crippen LogP contribution is 2.31. The molecule has 0 bridgehead atoms. The molecule has 1 aliphatic carbocycles. The van der Waals surface area contributed by atoms with Crippen LogP contribution in [0.25, 0.3) is 21.0 Å². The molecular weight excluding hydrogens is 318 g/mol. The Balaban J connectivity index is 1.59. The molecule has 0 saturated heterocycles. The van der Waals surface area contributed by atoms with Crippen LogP contribution in [0.2, 0.25) is 0 Å². The van der Waals surface area contributed by atoms with E-state index in [1.165, 1.54) is 11.3 Å². The number of anilines is 1. The van der Waals surface area contributed by atoms with Crippen LogP contribution in [0.3, 0.4) is 0 Å². The zero-order chi connectivity index (χ0) is 16.1. The number of hydrogen-bond acceptors (Lipinski definition) is 5. The first-order valence-corrected chi connectivity index (χ1v) is 8.39. The number of ketones is 1. The van der Waals surface area contributed by atoms with Crippen molar-refractivity contribution >= 4 is 49.0 Å². The van der Waals surface area contributed by atoms with Crippen LogP contribution >= 0.6 is 11.3 Å². The number of hydrazone groups is 1. The molecule has 1 aliphatic rings. The number of para-hydroxylation sites is 1. The van der Waals surface area contributed by atoms with Crippen molar-refractivity contribution in [3.63, 3.8) is 0 Å². The second-order valence-corrected chi connectivity index (χ2v) is 6.63. The van der Waals surface area contributed by atoms with Crippen molar-refractivity contribution in [2.45, 2.75) is 0 Å². The van der Waals surface area contributed by atoms with E-state index in [0.717, 1.165) is 26.6 Å². The summed E-state index contributed by atoms with van der Waals surface area (Å²) in [6.07, 6.45) is 0. The molecule has 0 atom stereocenters. The topological polar surface area (TPSA) is 54.4 Å². The lowest BCUT2D eigenvalue weighted by molar-refractivity contribution is 0.107. The molecule has 5 heteroatoms. The smallest absolute Gasteiger partial charge is 0.214 e. The van der Waals surface area contributed by atoms with Crippen molar-refractivity contribution < 1.29 is 4.79 Å². The quantitative estimate of drug-likeness (QED) is 0.552. The van der Waals surface area contributed by atoms with Gasteiger partial charge >= 0.3 is 0 Å². The molecule has 1 heterocycles. The van der Waals surface area contributed by atoms with Gasteiger partial charge in [-0.05, 0) is 17.5 Å². The van der Waals surface area contributed by atoms with Gasteiger partial charge in [0.2, 0.25) is 10.9 Å². The Labute approximate surface area is 141 Å². The van der Waals surface area contributed by atoms with Crippen LogP contribution < -0.4 is 5.43 Å². The molecule has 3 aromatic carbocycles. The van der Waals surface area contributed by atoms with E-state index in [1.54, 1.807) is 0 Å². The number of rotatable bonds is 2. The first-order chi connectivity index (χ1) is 11.8. The van der Waals surface area contributed by atoms with Gasteiger partial charge in [0.15, 0.2) is 0 Å². The third-order valence-corrected chi connectivity index (χ3v) is 5.12. The first kappa shape index (κ1) is 13.4. The number of carbonyl (C=O) groups is 1. The molecule has 4 aromatic rings. The van der Waals surface area contributed by atoms with Crippen molar-refractivity contribution in [2.24, 2.45) is 5.10 Å². The van der Waals surface area contributed by atoms with E-state index >= 15 is 0 Å². The number of nitrogens with one attached hydrogen (secondary N) is 1. The molecule has 0 saturated carbocycles. The van der Waals surface area contributed by atoms with Gasteiger partial charge in [-0.1, -0.05) is 59.9 Å². The molecule has 0 fully saturated rings. The van der Waals surface area contributed by atoms with Gasteiger partial charge in [-0.15, -0.1) is 0 Å².